The number of nitrogens with one attached hydrogen (secondary N) is 2. The average Bonchev–Trinajstić information content (AvgIpc) is 3.21. The molecule has 65 heavy (non-hydrogen) atoms. The maximum Gasteiger partial charge on any atom is 0.271 e. The standard InChI is InChI=1S/C21H27ClF2N4O4.C21H29ClF2N4O2.CH4.B.FH.H2/c22-17-9-16(10-18(12-17)28(31)32)14-26-5-7-27(8-6-26)20(30)13-25-19(29)11-15-1-3-21(23,24)4-2-15;22-17-9-16(10-18(25)12-17)14-27-5-7-28(8-6-27)20(30)13-26-19(29)11-15-1-3-21(23,24)4-2-15;;;;/h9-10,12,15H,1-8,11,13-14H2,(H,25,29);9-10,12,15H,1-8,11,13-14,25H2,(H,26,29);1H4;;2*1H/i;;;;;1+1. The van der Waals surface area contributed by atoms with Crippen molar-refractivity contribution in [3.63, 3.8) is 0 Å². The van der Waals surface area contributed by atoms with Crippen molar-refractivity contribution >= 4 is 66.6 Å². The van der Waals surface area contributed by atoms with E-state index in [0.717, 1.165) is 24.2 Å². The molecule has 2 heterocycles. The van der Waals surface area contributed by atoms with Gasteiger partial charge in [-0.25, -0.2) is 17.6 Å². The number of non-ortho nitro benzene ring substituents is 1. The number of nitro groups is 1. The van der Waals surface area contributed by atoms with Gasteiger partial charge in [0.1, 0.15) is 0 Å². The third-order valence-electron chi connectivity index (χ3n) is 11.9. The van der Waals surface area contributed by atoms with Crippen LogP contribution >= 0.6 is 23.2 Å². The van der Waals surface area contributed by atoms with Gasteiger partial charge in [0, 0.05) is 142 Å². The number of alkyl halides is 4. The number of rotatable bonds is 13. The Morgan fingerprint density at radius 2 is 1.05 bits per heavy atom. The number of nitrogens with two attached hydrogens (primary N) is 1. The third kappa shape index (κ3) is 19.2. The summed E-state index contributed by atoms with van der Waals surface area (Å²) in [6, 6.07) is 9.98. The molecule has 6 rings (SSSR count). The van der Waals surface area contributed by atoms with E-state index < -0.39 is 16.8 Å². The van der Waals surface area contributed by atoms with Crippen LogP contribution in [0.2, 0.25) is 10.0 Å². The minimum atomic E-state index is -2.62. The van der Waals surface area contributed by atoms with Crippen LogP contribution in [0.3, 0.4) is 0 Å². The highest BCUT2D eigenvalue weighted by molar-refractivity contribution is 6.31. The van der Waals surface area contributed by atoms with Crippen LogP contribution in [-0.4, -0.2) is 134 Å². The Morgan fingerprint density at radius 3 is 1.42 bits per heavy atom. The van der Waals surface area contributed by atoms with Crippen molar-refractivity contribution in [3.8, 4) is 0 Å². The molecule has 0 unspecified atom stereocenters. The fourth-order valence-corrected chi connectivity index (χ4v) is 8.79. The monoisotopic (exact) mass is 964 g/mol. The van der Waals surface area contributed by atoms with Crippen molar-refractivity contribution in [1.82, 2.24) is 30.2 Å². The second-order valence-corrected chi connectivity index (χ2v) is 17.7. The lowest BCUT2D eigenvalue weighted by Crippen LogP contribution is -2.50. The molecule has 14 nitrogen and oxygen atoms in total. The number of carbonyl (C=O) groups excluding carboxylic acids is 4. The van der Waals surface area contributed by atoms with Crippen molar-refractivity contribution in [2.45, 2.75) is 96.6 Å². The zero-order valence-corrected chi connectivity index (χ0v) is 37.2. The lowest BCUT2D eigenvalue weighted by molar-refractivity contribution is -0.384. The van der Waals surface area contributed by atoms with Gasteiger partial charge in [-0.1, -0.05) is 30.6 Å². The van der Waals surface area contributed by atoms with Gasteiger partial charge in [-0.3, -0.25) is 43.8 Å². The van der Waals surface area contributed by atoms with E-state index in [1.807, 2.05) is 12.1 Å². The van der Waals surface area contributed by atoms with Crippen LogP contribution in [0.15, 0.2) is 36.4 Å². The first kappa shape index (κ1) is 56.9. The van der Waals surface area contributed by atoms with Crippen LogP contribution in [0.1, 0.15) is 84.2 Å². The first-order valence-corrected chi connectivity index (χ1v) is 21.8. The summed E-state index contributed by atoms with van der Waals surface area (Å²) in [5, 5.41) is 17.2. The highest BCUT2D eigenvalue weighted by Gasteiger charge is 2.36. The Morgan fingerprint density at radius 1 is 0.677 bits per heavy atom. The van der Waals surface area contributed by atoms with Gasteiger partial charge in [-0.2, -0.15) is 0 Å². The molecule has 2 aliphatic heterocycles. The van der Waals surface area contributed by atoms with E-state index in [1.165, 1.54) is 12.1 Å². The largest absolute Gasteiger partial charge is 0.399 e. The number of anilines is 1. The van der Waals surface area contributed by atoms with E-state index in [4.69, 9.17) is 28.9 Å². The van der Waals surface area contributed by atoms with Gasteiger partial charge < -0.3 is 26.2 Å². The summed E-state index contributed by atoms with van der Waals surface area (Å²) >= 11 is 12.0. The number of piperazine rings is 2. The Labute approximate surface area is 390 Å². The zero-order chi connectivity index (χ0) is 45.0. The Hall–Kier alpha value is -4.27. The van der Waals surface area contributed by atoms with Crippen LogP contribution in [0, 0.1) is 22.0 Å². The quantitative estimate of drug-likeness (QED) is 0.0644. The summed E-state index contributed by atoms with van der Waals surface area (Å²) in [6.45, 7) is 5.81. The number of carbonyl (C=O) groups is 4. The second kappa shape index (κ2) is 26.2. The molecular weight excluding hydrogens is 901 g/mol. The molecule has 4 amide bonds. The molecule has 2 saturated carbocycles. The maximum atomic E-state index is 13.2. The second-order valence-electron chi connectivity index (χ2n) is 16.8. The Balaban J connectivity index is 0.000000623. The minimum absolute atomic E-state index is 0. The third-order valence-corrected chi connectivity index (χ3v) is 12.3. The van der Waals surface area contributed by atoms with Gasteiger partial charge in [-0.05, 0) is 72.9 Å². The molecule has 0 bridgehead atoms. The van der Waals surface area contributed by atoms with Crippen LogP contribution in [-0.2, 0) is 32.3 Å². The number of benzene rings is 2. The van der Waals surface area contributed by atoms with Crippen molar-refractivity contribution in [3.05, 3.63) is 67.7 Å². The van der Waals surface area contributed by atoms with Crippen molar-refractivity contribution in [2.24, 2.45) is 11.8 Å². The number of nitro benzene ring substituents is 1. The zero-order valence-electron chi connectivity index (χ0n) is 35.7. The first-order chi connectivity index (χ1) is 29.3. The number of nitrogen functional groups attached to an aromatic ring is 1. The number of halogens is 7. The predicted molar refractivity (Wildman–Crippen MR) is 244 cm³/mol. The van der Waals surface area contributed by atoms with Crippen molar-refractivity contribution in [1.29, 1.82) is 0 Å². The number of nitrogens with zero attached hydrogens (tertiary/aromatic N) is 5. The average molecular weight is 966 g/mol. The van der Waals surface area contributed by atoms with Gasteiger partial charge in [-0.15, -0.1) is 0 Å². The SMILES string of the molecule is C.F.Nc1cc(Cl)cc(CN2CCN(C(=O)CNC(=O)CC3CCC(F)(F)CC3)CC2)c1.O=C(CC1CCC(F)(F)CC1)NCC(=O)N1CCN(Cc2cc(Cl)cc([N+](=O)[O-])c2)CC1.[2HH].[B]. The van der Waals surface area contributed by atoms with Crippen molar-refractivity contribution < 1.29 is 47.8 Å². The molecule has 3 radical (unpaired) electrons. The molecule has 0 spiro atoms. The summed E-state index contributed by atoms with van der Waals surface area (Å²) in [5.41, 5.74) is 8.17. The summed E-state index contributed by atoms with van der Waals surface area (Å²) < 4.78 is 52.8. The molecule has 2 aromatic rings. The minimum Gasteiger partial charge on any atom is -0.399 e. The molecule has 2 saturated heterocycles. The predicted octanol–water partition coefficient (Wildman–Crippen LogP) is 6.78. The van der Waals surface area contributed by atoms with Gasteiger partial charge >= 0.3 is 0 Å². The van der Waals surface area contributed by atoms with Crippen LogP contribution in [0.4, 0.5) is 33.6 Å². The van der Waals surface area contributed by atoms with E-state index in [2.05, 4.69) is 20.4 Å². The van der Waals surface area contributed by atoms with Gasteiger partial charge in [0.25, 0.3) is 5.69 Å². The topological polar surface area (TPSA) is 174 Å². The molecule has 4 aliphatic rings. The van der Waals surface area contributed by atoms with E-state index in [-0.39, 0.29) is 115 Å². The molecule has 2 aromatic carbocycles. The summed E-state index contributed by atoms with van der Waals surface area (Å²) in [5.74, 6) is -6.13. The normalized spacial score (nSPS) is 18.9. The van der Waals surface area contributed by atoms with E-state index >= 15 is 0 Å². The molecule has 2 aliphatic carbocycles. The molecular formula is C43H63BCl2F5N8O6. The molecule has 22 heteroatoms. The molecule has 0 aromatic heterocycles. The van der Waals surface area contributed by atoms with Crippen molar-refractivity contribution in [2.75, 3.05) is 71.2 Å². The summed E-state index contributed by atoms with van der Waals surface area (Å²) in [7, 11) is 0. The van der Waals surface area contributed by atoms with Gasteiger partial charge in [0.05, 0.1) is 18.0 Å². The Kier molecular flexibility index (Phi) is 22.9. The van der Waals surface area contributed by atoms with Gasteiger partial charge in [0.2, 0.25) is 35.5 Å². The fraction of sp³-hybridized carbons (Fsp3) is 0.628. The first-order valence-electron chi connectivity index (χ1n) is 21.1. The van der Waals surface area contributed by atoms with Gasteiger partial charge in [0.15, 0.2) is 0 Å². The molecule has 363 valence electrons. The lowest BCUT2D eigenvalue weighted by Gasteiger charge is -2.35. The molecule has 4 fully saturated rings. The van der Waals surface area contributed by atoms with E-state index in [1.54, 1.807) is 21.9 Å². The van der Waals surface area contributed by atoms with Crippen LogP contribution in [0.5, 0.6) is 0 Å². The number of hydrogen-bond donors (Lipinski definition) is 3. The lowest BCUT2D eigenvalue weighted by atomic mass is 9.84. The van der Waals surface area contributed by atoms with E-state index in [0.29, 0.717) is 93.8 Å². The smallest absolute Gasteiger partial charge is 0.271 e. The highest BCUT2D eigenvalue weighted by Crippen LogP contribution is 2.38. The summed E-state index contributed by atoms with van der Waals surface area (Å²) in [4.78, 5) is 67.2. The van der Waals surface area contributed by atoms with E-state index in [9.17, 15) is 46.9 Å². The maximum absolute atomic E-state index is 13.2. The number of amides is 4. The van der Waals surface area contributed by atoms with Crippen LogP contribution in [0.25, 0.3) is 0 Å². The fourth-order valence-electron chi connectivity index (χ4n) is 8.27. The molecule has 4 N–H and O–H groups in total. The molecule has 0 atom stereocenters. The number of hydrogen-bond acceptors (Lipinski definition) is 9. The summed E-state index contributed by atoms with van der Waals surface area (Å²) in [6.07, 6.45) is 1.06. The Bertz CT molecular complexity index is 1880. The highest BCUT2D eigenvalue weighted by atomic mass is 35.5. The van der Waals surface area contributed by atoms with Crippen LogP contribution < -0.4 is 16.4 Å².